The zero-order valence-corrected chi connectivity index (χ0v) is 12.6. The molecule has 0 amide bonds. The van der Waals surface area contributed by atoms with Gasteiger partial charge in [-0.2, -0.15) is 0 Å². The predicted molar refractivity (Wildman–Crippen MR) is 82.6 cm³/mol. The second-order valence-electron chi connectivity index (χ2n) is 5.01. The van der Waals surface area contributed by atoms with Gasteiger partial charge >= 0.3 is 0 Å². The van der Waals surface area contributed by atoms with E-state index in [0.717, 1.165) is 47.5 Å². The quantitative estimate of drug-likeness (QED) is 0.918. The van der Waals surface area contributed by atoms with Gasteiger partial charge in [0.05, 0.1) is 11.8 Å². The monoisotopic (exact) mass is 333 g/mol. The van der Waals surface area contributed by atoms with Crippen molar-refractivity contribution in [2.75, 3.05) is 18.0 Å². The lowest BCUT2D eigenvalue weighted by Crippen LogP contribution is -2.36. The molecule has 1 saturated heterocycles. The Morgan fingerprint density at radius 2 is 1.90 bits per heavy atom. The van der Waals surface area contributed by atoms with Crippen LogP contribution in [0.4, 0.5) is 5.82 Å². The molecule has 4 nitrogen and oxygen atoms in total. The van der Waals surface area contributed by atoms with Crippen LogP contribution < -0.4 is 4.90 Å². The van der Waals surface area contributed by atoms with Gasteiger partial charge in [0.2, 0.25) is 0 Å². The van der Waals surface area contributed by atoms with Crippen LogP contribution in [0, 0.1) is 0 Å². The lowest BCUT2D eigenvalue weighted by Gasteiger charge is -2.30. The number of halogens is 1. The number of hydrogen-bond acceptors (Lipinski definition) is 4. The van der Waals surface area contributed by atoms with E-state index in [0.29, 0.717) is 0 Å². The van der Waals surface area contributed by atoms with Gasteiger partial charge in [0.1, 0.15) is 0 Å². The number of anilines is 1. The highest BCUT2D eigenvalue weighted by molar-refractivity contribution is 9.10. The van der Waals surface area contributed by atoms with E-state index in [4.69, 9.17) is 0 Å². The highest BCUT2D eigenvalue weighted by Gasteiger charge is 2.18. The van der Waals surface area contributed by atoms with Gasteiger partial charge in [0.15, 0.2) is 5.82 Å². The molecule has 1 aliphatic rings. The van der Waals surface area contributed by atoms with E-state index < -0.39 is 0 Å². The molecule has 0 unspecified atom stereocenters. The van der Waals surface area contributed by atoms with Crippen molar-refractivity contribution in [3.8, 4) is 11.3 Å². The first-order chi connectivity index (χ1) is 9.72. The summed E-state index contributed by atoms with van der Waals surface area (Å²) in [5, 5.41) is 18.1. The number of benzene rings is 1. The number of aliphatic hydroxyl groups is 1. The molecular weight excluding hydrogens is 318 g/mol. The van der Waals surface area contributed by atoms with E-state index >= 15 is 0 Å². The summed E-state index contributed by atoms with van der Waals surface area (Å²) in [5.41, 5.74) is 1.92. The van der Waals surface area contributed by atoms with E-state index in [1.54, 1.807) is 0 Å². The maximum Gasteiger partial charge on any atom is 0.151 e. The second kappa shape index (κ2) is 5.89. The van der Waals surface area contributed by atoms with E-state index in [1.807, 2.05) is 36.4 Å². The van der Waals surface area contributed by atoms with Crippen LogP contribution in [0.3, 0.4) is 0 Å². The van der Waals surface area contributed by atoms with Crippen molar-refractivity contribution < 1.29 is 5.11 Å². The Bertz CT molecular complexity index is 580. The van der Waals surface area contributed by atoms with E-state index in [2.05, 4.69) is 31.0 Å². The number of piperidine rings is 1. The van der Waals surface area contributed by atoms with E-state index in [-0.39, 0.29) is 6.10 Å². The molecule has 3 rings (SSSR count). The van der Waals surface area contributed by atoms with Crippen LogP contribution in [0.5, 0.6) is 0 Å². The third-order valence-electron chi connectivity index (χ3n) is 3.56. The first-order valence-electron chi connectivity index (χ1n) is 6.75. The smallest absolute Gasteiger partial charge is 0.151 e. The summed E-state index contributed by atoms with van der Waals surface area (Å²) in [6, 6.07) is 12.0. The molecule has 0 spiro atoms. The van der Waals surface area contributed by atoms with Gasteiger partial charge in [-0.25, -0.2) is 0 Å². The molecule has 1 aliphatic heterocycles. The first kappa shape index (κ1) is 13.5. The normalized spacial score (nSPS) is 16.4. The predicted octanol–water partition coefficient (Wildman–Crippen LogP) is 2.87. The summed E-state index contributed by atoms with van der Waals surface area (Å²) < 4.78 is 1.03. The summed E-state index contributed by atoms with van der Waals surface area (Å²) in [4.78, 5) is 2.17. The lowest BCUT2D eigenvalue weighted by atomic mass is 10.1. The summed E-state index contributed by atoms with van der Waals surface area (Å²) in [6.45, 7) is 1.68. The SMILES string of the molecule is OC1CCN(c2ccc(-c3cccc(Br)c3)nn2)CC1. The summed E-state index contributed by atoms with van der Waals surface area (Å²) in [6.07, 6.45) is 1.43. The number of rotatable bonds is 2. The molecule has 0 atom stereocenters. The van der Waals surface area contributed by atoms with Crippen LogP contribution >= 0.6 is 15.9 Å². The number of hydrogen-bond donors (Lipinski definition) is 1. The molecule has 0 bridgehead atoms. The molecule has 5 heteroatoms. The van der Waals surface area contributed by atoms with Crippen molar-refractivity contribution in [3.05, 3.63) is 40.9 Å². The zero-order chi connectivity index (χ0) is 13.9. The second-order valence-corrected chi connectivity index (χ2v) is 5.92. The Labute approximate surface area is 126 Å². The number of nitrogens with zero attached hydrogens (tertiary/aromatic N) is 3. The zero-order valence-electron chi connectivity index (χ0n) is 11.0. The standard InChI is InChI=1S/C15H16BrN3O/c16-12-3-1-2-11(10-12)14-4-5-15(18-17-14)19-8-6-13(20)7-9-19/h1-5,10,13,20H,6-9H2. The van der Waals surface area contributed by atoms with Gasteiger partial charge in [-0.1, -0.05) is 28.1 Å². The highest BCUT2D eigenvalue weighted by atomic mass is 79.9. The van der Waals surface area contributed by atoms with Crippen LogP contribution in [-0.4, -0.2) is 34.5 Å². The first-order valence-corrected chi connectivity index (χ1v) is 7.54. The van der Waals surface area contributed by atoms with Crippen LogP contribution in [0.15, 0.2) is 40.9 Å². The topological polar surface area (TPSA) is 49.2 Å². The van der Waals surface area contributed by atoms with Gasteiger partial charge < -0.3 is 10.0 Å². The van der Waals surface area contributed by atoms with Gasteiger partial charge in [-0.05, 0) is 37.1 Å². The van der Waals surface area contributed by atoms with Crippen molar-refractivity contribution in [3.63, 3.8) is 0 Å². The molecular formula is C15H16BrN3O. The Morgan fingerprint density at radius 3 is 2.55 bits per heavy atom. The Hall–Kier alpha value is -1.46. The summed E-state index contributed by atoms with van der Waals surface area (Å²) >= 11 is 3.46. The molecule has 0 aliphatic carbocycles. The van der Waals surface area contributed by atoms with Gasteiger partial charge in [0, 0.05) is 23.1 Å². The van der Waals surface area contributed by atoms with Crippen molar-refractivity contribution in [1.29, 1.82) is 0 Å². The van der Waals surface area contributed by atoms with Crippen LogP contribution in [0.1, 0.15) is 12.8 Å². The number of aromatic nitrogens is 2. The maximum absolute atomic E-state index is 9.53. The minimum Gasteiger partial charge on any atom is -0.393 e. The summed E-state index contributed by atoms with van der Waals surface area (Å²) in [5.74, 6) is 0.885. The molecule has 20 heavy (non-hydrogen) atoms. The fourth-order valence-corrected chi connectivity index (χ4v) is 2.79. The Morgan fingerprint density at radius 1 is 1.10 bits per heavy atom. The van der Waals surface area contributed by atoms with Crippen LogP contribution in [0.25, 0.3) is 11.3 Å². The van der Waals surface area contributed by atoms with Crippen LogP contribution in [-0.2, 0) is 0 Å². The fourth-order valence-electron chi connectivity index (χ4n) is 2.39. The third-order valence-corrected chi connectivity index (χ3v) is 4.05. The van der Waals surface area contributed by atoms with Crippen molar-refractivity contribution >= 4 is 21.7 Å². The average Bonchev–Trinajstić information content (AvgIpc) is 2.48. The lowest BCUT2D eigenvalue weighted by molar-refractivity contribution is 0.145. The fraction of sp³-hybridized carbons (Fsp3) is 0.333. The molecule has 1 fully saturated rings. The van der Waals surface area contributed by atoms with Crippen molar-refractivity contribution in [2.24, 2.45) is 0 Å². The van der Waals surface area contributed by atoms with E-state index in [9.17, 15) is 5.11 Å². The Balaban J connectivity index is 1.78. The van der Waals surface area contributed by atoms with Gasteiger partial charge in [-0.15, -0.1) is 10.2 Å². The van der Waals surface area contributed by atoms with Gasteiger partial charge in [0.25, 0.3) is 0 Å². The minimum absolute atomic E-state index is 0.167. The molecule has 2 heterocycles. The van der Waals surface area contributed by atoms with Crippen LogP contribution in [0.2, 0.25) is 0 Å². The molecule has 104 valence electrons. The van der Waals surface area contributed by atoms with Gasteiger partial charge in [-0.3, -0.25) is 0 Å². The Kier molecular flexibility index (Phi) is 3.98. The molecule has 0 saturated carbocycles. The highest BCUT2D eigenvalue weighted by Crippen LogP contribution is 2.23. The van der Waals surface area contributed by atoms with E-state index in [1.165, 1.54) is 0 Å². The molecule has 0 radical (unpaired) electrons. The molecule has 1 N–H and O–H groups in total. The number of aliphatic hydroxyl groups excluding tert-OH is 1. The molecule has 1 aromatic carbocycles. The maximum atomic E-state index is 9.53. The average molecular weight is 334 g/mol. The van der Waals surface area contributed by atoms with Crippen molar-refractivity contribution in [2.45, 2.75) is 18.9 Å². The molecule has 1 aromatic heterocycles. The summed E-state index contributed by atoms with van der Waals surface area (Å²) in [7, 11) is 0. The third kappa shape index (κ3) is 2.99. The van der Waals surface area contributed by atoms with Crippen molar-refractivity contribution in [1.82, 2.24) is 10.2 Å². The largest absolute Gasteiger partial charge is 0.393 e. The minimum atomic E-state index is -0.167. The molecule has 2 aromatic rings.